The van der Waals surface area contributed by atoms with Gasteiger partial charge >= 0.3 is 0 Å². The number of hydrogen-bond acceptors (Lipinski definition) is 5. The largest absolute Gasteiger partial charge is 0.355 e. The summed E-state index contributed by atoms with van der Waals surface area (Å²) in [5.41, 5.74) is 1.52. The van der Waals surface area contributed by atoms with Crippen LogP contribution < -0.4 is 10.2 Å². The van der Waals surface area contributed by atoms with Crippen molar-refractivity contribution in [3.05, 3.63) is 23.2 Å². The van der Waals surface area contributed by atoms with Crippen molar-refractivity contribution in [3.8, 4) is 0 Å². The summed E-state index contributed by atoms with van der Waals surface area (Å²) in [6.45, 7) is 5.06. The molecule has 0 saturated carbocycles. The van der Waals surface area contributed by atoms with Crippen LogP contribution >= 0.6 is 11.3 Å². The highest BCUT2D eigenvalue weighted by molar-refractivity contribution is 7.13. The van der Waals surface area contributed by atoms with Crippen LogP contribution in [-0.4, -0.2) is 55.1 Å². The SMILES string of the molecule is O=C(CN1CCN(c2nccs2)CC1)NCCC1=CCCCC1. The molecule has 5 nitrogen and oxygen atoms in total. The molecule has 1 amide bonds. The molecule has 2 aliphatic rings. The fourth-order valence-electron chi connectivity index (χ4n) is 3.22. The van der Waals surface area contributed by atoms with E-state index in [-0.39, 0.29) is 5.91 Å². The predicted octanol–water partition coefficient (Wildman–Crippen LogP) is 2.27. The van der Waals surface area contributed by atoms with Gasteiger partial charge in [0.05, 0.1) is 6.54 Å². The molecule has 23 heavy (non-hydrogen) atoms. The van der Waals surface area contributed by atoms with E-state index in [0.717, 1.165) is 44.3 Å². The van der Waals surface area contributed by atoms with Gasteiger partial charge in [0.1, 0.15) is 0 Å². The molecule has 1 aliphatic heterocycles. The van der Waals surface area contributed by atoms with Crippen molar-refractivity contribution >= 4 is 22.4 Å². The monoisotopic (exact) mass is 334 g/mol. The van der Waals surface area contributed by atoms with Gasteiger partial charge < -0.3 is 10.2 Å². The van der Waals surface area contributed by atoms with Crippen molar-refractivity contribution in [2.45, 2.75) is 32.1 Å². The highest BCUT2D eigenvalue weighted by Crippen LogP contribution is 2.20. The average Bonchev–Trinajstić information content (AvgIpc) is 3.11. The zero-order valence-corrected chi connectivity index (χ0v) is 14.5. The standard InChI is InChI=1S/C17H26N4OS/c22-16(18-7-6-15-4-2-1-3-5-15)14-20-9-11-21(12-10-20)17-19-8-13-23-17/h4,8,13H,1-3,5-7,9-12,14H2,(H,18,22). The van der Waals surface area contributed by atoms with E-state index in [4.69, 9.17) is 0 Å². The number of piperazine rings is 1. The first-order chi connectivity index (χ1) is 11.3. The van der Waals surface area contributed by atoms with E-state index in [2.05, 4.69) is 26.2 Å². The lowest BCUT2D eigenvalue weighted by atomic mass is 9.97. The van der Waals surface area contributed by atoms with Gasteiger partial charge in [-0.05, 0) is 32.1 Å². The number of nitrogens with zero attached hydrogens (tertiary/aromatic N) is 3. The number of rotatable bonds is 6. The van der Waals surface area contributed by atoms with E-state index < -0.39 is 0 Å². The van der Waals surface area contributed by atoms with Crippen molar-refractivity contribution in [1.82, 2.24) is 15.2 Å². The molecular weight excluding hydrogens is 308 g/mol. The summed E-state index contributed by atoms with van der Waals surface area (Å²) in [6, 6.07) is 0. The van der Waals surface area contributed by atoms with Crippen molar-refractivity contribution < 1.29 is 4.79 Å². The first kappa shape index (κ1) is 16.5. The van der Waals surface area contributed by atoms with Crippen LogP contribution in [0.3, 0.4) is 0 Å². The first-order valence-corrected chi connectivity index (χ1v) is 9.50. The van der Waals surface area contributed by atoms with Crippen LogP contribution in [0.15, 0.2) is 23.2 Å². The van der Waals surface area contributed by atoms with Gasteiger partial charge in [0.15, 0.2) is 5.13 Å². The Hall–Kier alpha value is -1.40. The van der Waals surface area contributed by atoms with Gasteiger partial charge in [-0.1, -0.05) is 11.6 Å². The van der Waals surface area contributed by atoms with Gasteiger partial charge in [-0.3, -0.25) is 9.69 Å². The molecular formula is C17H26N4OS. The van der Waals surface area contributed by atoms with Crippen LogP contribution in [-0.2, 0) is 4.79 Å². The van der Waals surface area contributed by atoms with E-state index in [1.165, 1.54) is 31.3 Å². The lowest BCUT2D eigenvalue weighted by Gasteiger charge is -2.34. The van der Waals surface area contributed by atoms with Gasteiger partial charge in [0.2, 0.25) is 5.91 Å². The summed E-state index contributed by atoms with van der Waals surface area (Å²) in [5, 5.41) is 6.17. The highest BCUT2D eigenvalue weighted by Gasteiger charge is 2.20. The Bertz CT molecular complexity index is 521. The summed E-state index contributed by atoms with van der Waals surface area (Å²) in [7, 11) is 0. The number of carbonyl (C=O) groups excluding carboxylic acids is 1. The maximum atomic E-state index is 12.1. The number of anilines is 1. The summed E-state index contributed by atoms with van der Waals surface area (Å²) < 4.78 is 0. The smallest absolute Gasteiger partial charge is 0.234 e. The molecule has 1 aromatic heterocycles. The molecule has 0 unspecified atom stereocenters. The summed E-state index contributed by atoms with van der Waals surface area (Å²) in [5.74, 6) is 0.157. The number of nitrogens with one attached hydrogen (secondary N) is 1. The molecule has 126 valence electrons. The molecule has 0 spiro atoms. The van der Waals surface area contributed by atoms with Crippen LogP contribution in [0.5, 0.6) is 0 Å². The molecule has 2 heterocycles. The van der Waals surface area contributed by atoms with E-state index in [9.17, 15) is 4.79 Å². The maximum Gasteiger partial charge on any atom is 0.234 e. The molecule has 1 fully saturated rings. The lowest BCUT2D eigenvalue weighted by Crippen LogP contribution is -2.49. The fourth-order valence-corrected chi connectivity index (χ4v) is 3.92. The third-order valence-corrected chi connectivity index (χ3v) is 5.41. The molecule has 3 rings (SSSR count). The molecule has 0 radical (unpaired) electrons. The Morgan fingerprint density at radius 1 is 1.26 bits per heavy atom. The Labute approximate surface area is 142 Å². The predicted molar refractivity (Wildman–Crippen MR) is 94.9 cm³/mol. The van der Waals surface area contributed by atoms with Gasteiger partial charge in [-0.25, -0.2) is 4.98 Å². The van der Waals surface area contributed by atoms with Crippen molar-refractivity contribution in [3.63, 3.8) is 0 Å². The zero-order valence-electron chi connectivity index (χ0n) is 13.7. The third kappa shape index (κ3) is 5.04. The van der Waals surface area contributed by atoms with Gasteiger partial charge in [0.25, 0.3) is 0 Å². The molecule has 0 bridgehead atoms. The second-order valence-corrected chi connectivity index (χ2v) is 7.16. The molecule has 0 atom stereocenters. The summed E-state index contributed by atoms with van der Waals surface area (Å²) in [6.07, 6.45) is 10.3. The average molecular weight is 334 g/mol. The zero-order chi connectivity index (χ0) is 15.9. The quantitative estimate of drug-likeness (QED) is 0.811. The van der Waals surface area contributed by atoms with Crippen LogP contribution in [0.25, 0.3) is 0 Å². The number of amides is 1. The van der Waals surface area contributed by atoms with E-state index in [1.807, 2.05) is 11.6 Å². The topological polar surface area (TPSA) is 48.5 Å². The minimum Gasteiger partial charge on any atom is -0.355 e. The number of hydrogen-bond donors (Lipinski definition) is 1. The Kier molecular flexibility index (Phi) is 6.05. The Morgan fingerprint density at radius 2 is 2.13 bits per heavy atom. The fraction of sp³-hybridized carbons (Fsp3) is 0.647. The van der Waals surface area contributed by atoms with Crippen molar-refractivity contribution in [1.29, 1.82) is 0 Å². The van der Waals surface area contributed by atoms with Crippen LogP contribution in [0.4, 0.5) is 5.13 Å². The third-order valence-electron chi connectivity index (χ3n) is 4.58. The maximum absolute atomic E-state index is 12.1. The normalized spacial score (nSPS) is 19.5. The van der Waals surface area contributed by atoms with E-state index in [0.29, 0.717) is 6.54 Å². The number of carbonyl (C=O) groups is 1. The Balaban J connectivity index is 1.32. The molecule has 0 aromatic carbocycles. The number of thiazole rings is 1. The molecule has 1 aromatic rings. The van der Waals surface area contributed by atoms with E-state index in [1.54, 1.807) is 11.3 Å². The minimum absolute atomic E-state index is 0.157. The van der Waals surface area contributed by atoms with Crippen molar-refractivity contribution in [2.75, 3.05) is 44.2 Å². The van der Waals surface area contributed by atoms with Gasteiger partial charge in [-0.15, -0.1) is 11.3 Å². The van der Waals surface area contributed by atoms with Gasteiger partial charge in [0, 0.05) is 44.3 Å². The first-order valence-electron chi connectivity index (χ1n) is 8.62. The second kappa shape index (κ2) is 8.45. The highest BCUT2D eigenvalue weighted by atomic mass is 32.1. The summed E-state index contributed by atoms with van der Waals surface area (Å²) >= 11 is 1.68. The minimum atomic E-state index is 0.157. The number of aromatic nitrogens is 1. The molecule has 6 heteroatoms. The van der Waals surface area contributed by atoms with E-state index >= 15 is 0 Å². The molecule has 1 N–H and O–H groups in total. The van der Waals surface area contributed by atoms with Crippen molar-refractivity contribution in [2.24, 2.45) is 0 Å². The number of allylic oxidation sites excluding steroid dienone is 1. The Morgan fingerprint density at radius 3 is 2.83 bits per heavy atom. The second-order valence-electron chi connectivity index (χ2n) is 6.29. The van der Waals surface area contributed by atoms with Crippen LogP contribution in [0, 0.1) is 0 Å². The van der Waals surface area contributed by atoms with Gasteiger partial charge in [-0.2, -0.15) is 0 Å². The van der Waals surface area contributed by atoms with Crippen LogP contribution in [0.2, 0.25) is 0 Å². The molecule has 1 saturated heterocycles. The van der Waals surface area contributed by atoms with Crippen LogP contribution in [0.1, 0.15) is 32.1 Å². The lowest BCUT2D eigenvalue weighted by molar-refractivity contribution is -0.122. The summed E-state index contributed by atoms with van der Waals surface area (Å²) in [4.78, 5) is 21.0. The molecule has 1 aliphatic carbocycles.